The molecule has 2 atom stereocenters. The van der Waals surface area contributed by atoms with Gasteiger partial charge in [-0.25, -0.2) is 4.39 Å². The Labute approximate surface area is 110 Å². The van der Waals surface area contributed by atoms with Crippen molar-refractivity contribution in [2.75, 3.05) is 13.1 Å². The molecule has 1 aliphatic rings. The molecule has 1 saturated heterocycles. The molecule has 0 bridgehead atoms. The summed E-state index contributed by atoms with van der Waals surface area (Å²) in [5.41, 5.74) is 6.60. The van der Waals surface area contributed by atoms with Gasteiger partial charge in [-0.3, -0.25) is 19.8 Å². The fourth-order valence-corrected chi connectivity index (χ4v) is 2.39. The Bertz CT molecular complexity index is 488. The van der Waals surface area contributed by atoms with Gasteiger partial charge in [-0.1, -0.05) is 12.1 Å². The van der Waals surface area contributed by atoms with E-state index in [4.69, 9.17) is 5.73 Å². The van der Waals surface area contributed by atoms with E-state index in [-0.39, 0.29) is 42.8 Å². The van der Waals surface area contributed by atoms with E-state index in [1.807, 2.05) is 0 Å². The molecule has 2 unspecified atom stereocenters. The number of benzene rings is 1. The zero-order valence-corrected chi connectivity index (χ0v) is 10.6. The van der Waals surface area contributed by atoms with E-state index in [2.05, 4.69) is 5.32 Å². The molecular weight excluding hydrogens is 249 g/mol. The van der Waals surface area contributed by atoms with Crippen molar-refractivity contribution in [1.82, 2.24) is 10.2 Å². The molecule has 102 valence electrons. The minimum absolute atomic E-state index is 0.0778. The Hall–Kier alpha value is -1.79. The predicted molar refractivity (Wildman–Crippen MR) is 67.5 cm³/mol. The largest absolute Gasteiger partial charge is 0.326 e. The average molecular weight is 265 g/mol. The molecule has 0 spiro atoms. The average Bonchev–Trinajstić information content (AvgIpc) is 2.27. The lowest BCUT2D eigenvalue weighted by Crippen LogP contribution is -2.54. The van der Waals surface area contributed by atoms with Gasteiger partial charge >= 0.3 is 0 Å². The molecule has 19 heavy (non-hydrogen) atoms. The predicted octanol–water partition coefficient (Wildman–Crippen LogP) is 0.172. The molecule has 2 amide bonds. The lowest BCUT2D eigenvalue weighted by molar-refractivity contribution is -0.137. The molecule has 6 heteroatoms. The number of carbonyl (C=O) groups excluding carboxylic acids is 2. The van der Waals surface area contributed by atoms with Gasteiger partial charge in [0.15, 0.2) is 0 Å². The molecule has 1 heterocycles. The quantitative estimate of drug-likeness (QED) is 0.764. The number of imide groups is 1. The molecule has 1 aromatic carbocycles. The molecule has 0 aromatic heterocycles. The highest BCUT2D eigenvalue weighted by molar-refractivity contribution is 5.99. The van der Waals surface area contributed by atoms with Crippen LogP contribution < -0.4 is 11.1 Å². The highest BCUT2D eigenvalue weighted by atomic mass is 19.1. The molecule has 1 aromatic rings. The van der Waals surface area contributed by atoms with Gasteiger partial charge in [0.25, 0.3) is 0 Å². The smallest absolute Gasteiger partial charge is 0.240 e. The van der Waals surface area contributed by atoms with Crippen LogP contribution in [0.15, 0.2) is 24.3 Å². The number of halogens is 1. The SMILES string of the molecule is CC(N)C(c1cccc(F)c1)N1CC(=O)NC(=O)C1. The van der Waals surface area contributed by atoms with Crippen LogP contribution in [0.5, 0.6) is 0 Å². The first-order valence-electron chi connectivity index (χ1n) is 6.05. The Morgan fingerprint density at radius 3 is 2.47 bits per heavy atom. The van der Waals surface area contributed by atoms with E-state index < -0.39 is 0 Å². The van der Waals surface area contributed by atoms with Crippen molar-refractivity contribution in [2.45, 2.75) is 19.0 Å². The summed E-state index contributed by atoms with van der Waals surface area (Å²) >= 11 is 0. The topological polar surface area (TPSA) is 75.4 Å². The molecule has 2 rings (SSSR count). The number of hydrogen-bond donors (Lipinski definition) is 2. The lowest BCUT2D eigenvalue weighted by Gasteiger charge is -2.35. The molecule has 5 nitrogen and oxygen atoms in total. The van der Waals surface area contributed by atoms with E-state index in [1.165, 1.54) is 12.1 Å². The number of nitrogens with one attached hydrogen (secondary N) is 1. The Morgan fingerprint density at radius 1 is 1.32 bits per heavy atom. The number of nitrogens with zero attached hydrogens (tertiary/aromatic N) is 1. The standard InChI is InChI=1S/C13H16FN3O2/c1-8(15)13(9-3-2-4-10(14)5-9)17-6-11(18)16-12(19)7-17/h2-5,8,13H,6-7,15H2,1H3,(H,16,18,19). The maximum Gasteiger partial charge on any atom is 0.240 e. The fourth-order valence-electron chi connectivity index (χ4n) is 2.39. The first-order valence-corrected chi connectivity index (χ1v) is 6.05. The number of piperazine rings is 1. The third-order valence-corrected chi connectivity index (χ3v) is 3.05. The Morgan fingerprint density at radius 2 is 1.95 bits per heavy atom. The van der Waals surface area contributed by atoms with Crippen molar-refractivity contribution in [3.63, 3.8) is 0 Å². The highest BCUT2D eigenvalue weighted by Gasteiger charge is 2.31. The van der Waals surface area contributed by atoms with Gasteiger partial charge in [0.2, 0.25) is 11.8 Å². The molecule has 1 fully saturated rings. The lowest BCUT2D eigenvalue weighted by atomic mass is 9.98. The van der Waals surface area contributed by atoms with E-state index >= 15 is 0 Å². The summed E-state index contributed by atoms with van der Waals surface area (Å²) in [5.74, 6) is -1.09. The van der Waals surface area contributed by atoms with Crippen molar-refractivity contribution < 1.29 is 14.0 Å². The van der Waals surface area contributed by atoms with Gasteiger partial charge in [0, 0.05) is 6.04 Å². The minimum atomic E-state index is -0.370. The van der Waals surface area contributed by atoms with Gasteiger partial charge in [-0.15, -0.1) is 0 Å². The Balaban J connectivity index is 2.30. The van der Waals surface area contributed by atoms with Crippen molar-refractivity contribution in [1.29, 1.82) is 0 Å². The second kappa shape index (κ2) is 5.46. The maximum atomic E-state index is 13.3. The summed E-state index contributed by atoms with van der Waals surface area (Å²) < 4.78 is 13.3. The van der Waals surface area contributed by atoms with Gasteiger partial charge in [0.1, 0.15) is 5.82 Å². The maximum absolute atomic E-state index is 13.3. The summed E-state index contributed by atoms with van der Waals surface area (Å²) in [6.07, 6.45) is 0. The zero-order valence-electron chi connectivity index (χ0n) is 10.6. The third-order valence-electron chi connectivity index (χ3n) is 3.05. The van der Waals surface area contributed by atoms with Gasteiger partial charge in [-0.2, -0.15) is 0 Å². The summed E-state index contributed by atoms with van der Waals surface area (Å²) in [7, 11) is 0. The molecule has 0 aliphatic carbocycles. The number of rotatable bonds is 3. The molecule has 1 aliphatic heterocycles. The normalized spacial score (nSPS) is 19.9. The Kier molecular flexibility index (Phi) is 3.92. The van der Waals surface area contributed by atoms with E-state index in [9.17, 15) is 14.0 Å². The first kappa shape index (κ1) is 13.6. The second-order valence-corrected chi connectivity index (χ2v) is 4.74. The molecule has 0 radical (unpaired) electrons. The number of carbonyl (C=O) groups is 2. The molecule has 3 N–H and O–H groups in total. The fraction of sp³-hybridized carbons (Fsp3) is 0.385. The first-order chi connectivity index (χ1) is 8.97. The summed E-state index contributed by atoms with van der Waals surface area (Å²) in [4.78, 5) is 24.5. The van der Waals surface area contributed by atoms with Crippen LogP contribution >= 0.6 is 0 Å². The van der Waals surface area contributed by atoms with Crippen LogP contribution in [0.4, 0.5) is 4.39 Å². The number of nitrogens with two attached hydrogens (primary N) is 1. The van der Waals surface area contributed by atoms with E-state index in [1.54, 1.807) is 24.0 Å². The molecule has 0 saturated carbocycles. The van der Waals surface area contributed by atoms with Crippen molar-refractivity contribution in [2.24, 2.45) is 5.73 Å². The summed E-state index contributed by atoms with van der Waals surface area (Å²) in [6.45, 7) is 1.93. The van der Waals surface area contributed by atoms with Gasteiger partial charge in [-0.05, 0) is 24.6 Å². The van der Waals surface area contributed by atoms with Crippen LogP contribution in [0.3, 0.4) is 0 Å². The summed E-state index contributed by atoms with van der Waals surface area (Å²) in [5, 5.41) is 2.23. The molecular formula is C13H16FN3O2. The van der Waals surface area contributed by atoms with Crippen LogP contribution in [0.1, 0.15) is 18.5 Å². The van der Waals surface area contributed by atoms with Crippen LogP contribution in [-0.2, 0) is 9.59 Å². The minimum Gasteiger partial charge on any atom is -0.326 e. The van der Waals surface area contributed by atoms with Gasteiger partial charge in [0.05, 0.1) is 19.1 Å². The number of hydrogen-bond acceptors (Lipinski definition) is 4. The summed E-state index contributed by atoms with van der Waals surface area (Å²) in [6, 6.07) is 5.35. The van der Waals surface area contributed by atoms with Crippen LogP contribution in [0, 0.1) is 5.82 Å². The van der Waals surface area contributed by atoms with Crippen molar-refractivity contribution in [3.8, 4) is 0 Å². The number of amides is 2. The zero-order chi connectivity index (χ0) is 14.0. The van der Waals surface area contributed by atoms with Crippen LogP contribution in [0.25, 0.3) is 0 Å². The van der Waals surface area contributed by atoms with Gasteiger partial charge < -0.3 is 5.73 Å². The van der Waals surface area contributed by atoms with Crippen molar-refractivity contribution >= 4 is 11.8 Å². The van der Waals surface area contributed by atoms with Crippen LogP contribution in [0.2, 0.25) is 0 Å². The monoisotopic (exact) mass is 265 g/mol. The van der Waals surface area contributed by atoms with Crippen molar-refractivity contribution in [3.05, 3.63) is 35.6 Å². The second-order valence-electron chi connectivity index (χ2n) is 4.74. The van der Waals surface area contributed by atoms with E-state index in [0.717, 1.165) is 0 Å². The highest BCUT2D eigenvalue weighted by Crippen LogP contribution is 2.24. The third kappa shape index (κ3) is 3.15. The van der Waals surface area contributed by atoms with E-state index in [0.29, 0.717) is 5.56 Å². The van der Waals surface area contributed by atoms with Crippen LogP contribution in [-0.4, -0.2) is 35.8 Å².